The molecule has 0 spiro atoms. The lowest BCUT2D eigenvalue weighted by atomic mass is 10.0. The number of hydrogen-bond acceptors (Lipinski definition) is 3. The summed E-state index contributed by atoms with van der Waals surface area (Å²) in [5.41, 5.74) is 1.24. The Labute approximate surface area is 150 Å². The van der Waals surface area contributed by atoms with Crippen LogP contribution in [-0.2, 0) is 4.79 Å². The molecule has 2 fully saturated rings. The Kier molecular flexibility index (Phi) is 6.38. The smallest absolute Gasteiger partial charge is 0.220 e. The van der Waals surface area contributed by atoms with Crippen LogP contribution in [0.4, 0.5) is 5.69 Å². The highest BCUT2D eigenvalue weighted by atomic mass is 35.5. The number of nitrogens with one attached hydrogen (secondary N) is 1. The molecule has 0 aromatic heterocycles. The van der Waals surface area contributed by atoms with Gasteiger partial charge in [0.15, 0.2) is 0 Å². The predicted molar refractivity (Wildman–Crippen MR) is 99.7 cm³/mol. The number of hydrogen-bond donors (Lipinski definition) is 1. The molecule has 5 heteroatoms. The molecule has 1 aliphatic carbocycles. The first-order valence-electron chi connectivity index (χ1n) is 9.20. The molecule has 0 atom stereocenters. The fourth-order valence-corrected chi connectivity index (χ4v) is 3.91. The molecule has 0 radical (unpaired) electrons. The van der Waals surface area contributed by atoms with Crippen LogP contribution in [0.3, 0.4) is 0 Å². The van der Waals surface area contributed by atoms with Gasteiger partial charge in [0, 0.05) is 56.4 Å². The van der Waals surface area contributed by atoms with Gasteiger partial charge in [0.1, 0.15) is 0 Å². The van der Waals surface area contributed by atoms with E-state index in [-0.39, 0.29) is 5.91 Å². The van der Waals surface area contributed by atoms with Crippen LogP contribution >= 0.6 is 11.6 Å². The predicted octanol–water partition coefficient (Wildman–Crippen LogP) is 3.16. The van der Waals surface area contributed by atoms with E-state index >= 15 is 0 Å². The first-order valence-corrected chi connectivity index (χ1v) is 9.58. The normalized spacial score (nSPS) is 19.6. The molecule has 1 aliphatic heterocycles. The van der Waals surface area contributed by atoms with E-state index in [1.54, 1.807) is 0 Å². The lowest BCUT2D eigenvalue weighted by Gasteiger charge is -2.36. The van der Waals surface area contributed by atoms with Crippen LogP contribution in [-0.4, -0.2) is 50.1 Å². The maximum Gasteiger partial charge on any atom is 0.220 e. The van der Waals surface area contributed by atoms with Gasteiger partial charge in [-0.3, -0.25) is 9.69 Å². The Morgan fingerprint density at radius 3 is 2.42 bits per heavy atom. The summed E-state index contributed by atoms with van der Waals surface area (Å²) in [6.45, 7) is 5.86. The molecule has 4 nitrogen and oxygen atoms in total. The molecular formula is C19H28ClN3O. The number of carbonyl (C=O) groups excluding carboxylic acids is 1. The second-order valence-corrected chi connectivity index (χ2v) is 7.45. The Hall–Kier alpha value is -1.26. The molecular weight excluding hydrogens is 322 g/mol. The molecule has 1 aromatic carbocycles. The summed E-state index contributed by atoms with van der Waals surface area (Å²) in [7, 11) is 0. The molecule has 3 rings (SSSR count). The first-order chi connectivity index (χ1) is 11.7. The Morgan fingerprint density at radius 2 is 1.75 bits per heavy atom. The molecule has 1 amide bonds. The van der Waals surface area contributed by atoms with Crippen molar-refractivity contribution in [3.05, 3.63) is 29.3 Å². The number of piperazine rings is 1. The van der Waals surface area contributed by atoms with Crippen molar-refractivity contribution in [3.63, 3.8) is 0 Å². The molecule has 1 heterocycles. The fourth-order valence-electron chi connectivity index (χ4n) is 3.78. The topological polar surface area (TPSA) is 35.6 Å². The van der Waals surface area contributed by atoms with Crippen molar-refractivity contribution >= 4 is 23.2 Å². The average molecular weight is 350 g/mol. The number of nitrogens with zero attached hydrogens (tertiary/aromatic N) is 2. The summed E-state index contributed by atoms with van der Waals surface area (Å²) in [6.07, 6.45) is 5.80. The third-order valence-electron chi connectivity index (χ3n) is 5.26. The van der Waals surface area contributed by atoms with Crippen LogP contribution < -0.4 is 10.2 Å². The Bertz CT molecular complexity index is 520. The van der Waals surface area contributed by atoms with Crippen molar-refractivity contribution in [2.75, 3.05) is 44.2 Å². The van der Waals surface area contributed by atoms with Crippen LogP contribution in [0.2, 0.25) is 5.02 Å². The van der Waals surface area contributed by atoms with Gasteiger partial charge in [-0.2, -0.15) is 0 Å². The van der Waals surface area contributed by atoms with E-state index in [2.05, 4.69) is 27.2 Å². The third kappa shape index (κ3) is 5.12. The van der Waals surface area contributed by atoms with E-state index in [0.29, 0.717) is 5.92 Å². The van der Waals surface area contributed by atoms with Crippen LogP contribution in [0, 0.1) is 5.92 Å². The molecule has 1 saturated carbocycles. The van der Waals surface area contributed by atoms with Gasteiger partial charge in [-0.05, 0) is 43.0 Å². The van der Waals surface area contributed by atoms with Gasteiger partial charge >= 0.3 is 0 Å². The second kappa shape index (κ2) is 8.72. The van der Waals surface area contributed by atoms with Crippen molar-refractivity contribution in [3.8, 4) is 0 Å². The van der Waals surface area contributed by atoms with Crippen LogP contribution in [0.25, 0.3) is 0 Å². The zero-order chi connectivity index (χ0) is 16.8. The van der Waals surface area contributed by atoms with Crippen molar-refractivity contribution in [1.82, 2.24) is 10.2 Å². The molecule has 0 unspecified atom stereocenters. The largest absolute Gasteiger partial charge is 0.369 e. The van der Waals surface area contributed by atoms with Gasteiger partial charge in [0.05, 0.1) is 0 Å². The maximum atomic E-state index is 12.0. The van der Waals surface area contributed by atoms with E-state index in [4.69, 9.17) is 11.6 Å². The van der Waals surface area contributed by atoms with Gasteiger partial charge in [0.2, 0.25) is 5.91 Å². The lowest BCUT2D eigenvalue weighted by molar-refractivity contribution is -0.122. The van der Waals surface area contributed by atoms with Gasteiger partial charge in [-0.25, -0.2) is 0 Å². The van der Waals surface area contributed by atoms with E-state index < -0.39 is 0 Å². The van der Waals surface area contributed by atoms with Gasteiger partial charge in [0.25, 0.3) is 0 Å². The van der Waals surface area contributed by atoms with E-state index in [1.807, 2.05) is 12.1 Å². The SMILES string of the molecule is O=C(CC1CCCC1)NCCN1CCN(c2ccc(Cl)cc2)CC1. The van der Waals surface area contributed by atoms with Crippen molar-refractivity contribution in [2.45, 2.75) is 32.1 Å². The molecule has 0 bridgehead atoms. The minimum Gasteiger partial charge on any atom is -0.369 e. The van der Waals surface area contributed by atoms with Gasteiger partial charge < -0.3 is 10.2 Å². The van der Waals surface area contributed by atoms with Crippen LogP contribution in [0.1, 0.15) is 32.1 Å². The molecule has 2 aliphatic rings. The monoisotopic (exact) mass is 349 g/mol. The number of anilines is 1. The third-order valence-corrected chi connectivity index (χ3v) is 5.52. The fraction of sp³-hybridized carbons (Fsp3) is 0.632. The van der Waals surface area contributed by atoms with E-state index in [1.165, 1.54) is 31.4 Å². The number of carbonyl (C=O) groups is 1. The number of amides is 1. The first kappa shape index (κ1) is 17.6. The molecule has 1 N–H and O–H groups in total. The molecule has 1 saturated heterocycles. The summed E-state index contributed by atoms with van der Waals surface area (Å²) in [5, 5.41) is 3.88. The van der Waals surface area contributed by atoms with Crippen LogP contribution in [0.5, 0.6) is 0 Å². The van der Waals surface area contributed by atoms with Gasteiger partial charge in [-0.15, -0.1) is 0 Å². The molecule has 24 heavy (non-hydrogen) atoms. The second-order valence-electron chi connectivity index (χ2n) is 7.01. The molecule has 132 valence electrons. The highest BCUT2D eigenvalue weighted by molar-refractivity contribution is 6.30. The minimum atomic E-state index is 0.238. The highest BCUT2D eigenvalue weighted by Gasteiger charge is 2.19. The summed E-state index contributed by atoms with van der Waals surface area (Å²) in [6, 6.07) is 8.06. The Morgan fingerprint density at radius 1 is 1.08 bits per heavy atom. The summed E-state index contributed by atoms with van der Waals surface area (Å²) in [5.74, 6) is 0.870. The zero-order valence-corrected chi connectivity index (χ0v) is 15.1. The lowest BCUT2D eigenvalue weighted by Crippen LogP contribution is -2.48. The Balaban J connectivity index is 1.32. The number of halogens is 1. The molecule has 1 aromatic rings. The standard InChI is InChI=1S/C19H28ClN3O/c20-17-5-7-18(8-6-17)23-13-11-22(12-14-23)10-9-21-19(24)15-16-3-1-2-4-16/h5-8,16H,1-4,9-15H2,(H,21,24). The average Bonchev–Trinajstić information content (AvgIpc) is 3.09. The number of benzene rings is 1. The minimum absolute atomic E-state index is 0.238. The van der Waals surface area contributed by atoms with Crippen molar-refractivity contribution < 1.29 is 4.79 Å². The van der Waals surface area contributed by atoms with Crippen molar-refractivity contribution in [2.24, 2.45) is 5.92 Å². The zero-order valence-electron chi connectivity index (χ0n) is 14.3. The van der Waals surface area contributed by atoms with E-state index in [0.717, 1.165) is 50.7 Å². The van der Waals surface area contributed by atoms with Crippen LogP contribution in [0.15, 0.2) is 24.3 Å². The van der Waals surface area contributed by atoms with E-state index in [9.17, 15) is 4.79 Å². The highest BCUT2D eigenvalue weighted by Crippen LogP contribution is 2.27. The summed E-state index contributed by atoms with van der Waals surface area (Å²) < 4.78 is 0. The summed E-state index contributed by atoms with van der Waals surface area (Å²) >= 11 is 5.95. The maximum absolute atomic E-state index is 12.0. The quantitative estimate of drug-likeness (QED) is 0.856. The van der Waals surface area contributed by atoms with Crippen molar-refractivity contribution in [1.29, 1.82) is 0 Å². The summed E-state index contributed by atoms with van der Waals surface area (Å²) in [4.78, 5) is 16.8. The van der Waals surface area contributed by atoms with Gasteiger partial charge in [-0.1, -0.05) is 24.4 Å². The number of rotatable bonds is 6.